The van der Waals surface area contributed by atoms with Gasteiger partial charge in [0, 0.05) is 16.2 Å². The molecule has 4 heteroatoms. The molecule has 1 rings (SSSR count). The summed E-state index contributed by atoms with van der Waals surface area (Å²) in [5.74, 6) is 0.120. The summed E-state index contributed by atoms with van der Waals surface area (Å²) in [6, 6.07) is 8.00. The van der Waals surface area contributed by atoms with Crippen LogP contribution in [0.25, 0.3) is 0 Å². The minimum absolute atomic E-state index is 0.0436. The van der Waals surface area contributed by atoms with E-state index in [4.69, 9.17) is 0 Å². The van der Waals surface area contributed by atoms with Crippen molar-refractivity contribution >= 4 is 37.8 Å². The lowest BCUT2D eigenvalue weighted by atomic mass is 10.1. The number of hydrogen-bond donors (Lipinski definition) is 1. The number of halogens is 2. The highest BCUT2D eigenvalue weighted by Crippen LogP contribution is 2.22. The Bertz CT molecular complexity index is 368. The van der Waals surface area contributed by atoms with Crippen LogP contribution in [-0.2, 0) is 4.79 Å². The fourth-order valence-corrected chi connectivity index (χ4v) is 2.62. The molecule has 1 N–H and O–H groups in total. The molecule has 0 aliphatic heterocycles. The van der Waals surface area contributed by atoms with E-state index in [-0.39, 0.29) is 11.9 Å². The van der Waals surface area contributed by atoms with Gasteiger partial charge in [-0.2, -0.15) is 0 Å². The predicted molar refractivity (Wildman–Crippen MR) is 78.3 cm³/mol. The van der Waals surface area contributed by atoms with Gasteiger partial charge in [-0.15, -0.1) is 0 Å². The van der Waals surface area contributed by atoms with E-state index in [1.165, 1.54) is 0 Å². The van der Waals surface area contributed by atoms with Gasteiger partial charge in [-0.25, -0.2) is 0 Å². The summed E-state index contributed by atoms with van der Waals surface area (Å²) < 4.78 is 1.04. The van der Waals surface area contributed by atoms with Gasteiger partial charge in [-0.05, 0) is 31.4 Å². The zero-order valence-corrected chi connectivity index (χ0v) is 13.1. The molecule has 1 amide bonds. The Morgan fingerprint density at radius 1 is 1.35 bits per heavy atom. The Hall–Kier alpha value is -0.350. The van der Waals surface area contributed by atoms with E-state index in [2.05, 4.69) is 37.2 Å². The van der Waals surface area contributed by atoms with E-state index in [0.717, 1.165) is 28.2 Å². The van der Waals surface area contributed by atoms with Crippen LogP contribution in [0.5, 0.6) is 0 Å². The average Bonchev–Trinajstić information content (AvgIpc) is 2.29. The summed E-state index contributed by atoms with van der Waals surface area (Å²) in [5, 5.41) is 3.97. The first-order valence-electron chi connectivity index (χ1n) is 5.75. The van der Waals surface area contributed by atoms with E-state index in [1.54, 1.807) is 0 Å². The van der Waals surface area contributed by atoms with Crippen LogP contribution in [-0.4, -0.2) is 11.2 Å². The van der Waals surface area contributed by atoms with E-state index in [1.807, 2.05) is 31.2 Å². The average molecular weight is 363 g/mol. The molecule has 0 aliphatic carbocycles. The molecule has 0 saturated carbocycles. The van der Waals surface area contributed by atoms with Gasteiger partial charge >= 0.3 is 0 Å². The number of rotatable bonds is 6. The molecule has 0 unspecified atom stereocenters. The fraction of sp³-hybridized carbons (Fsp3) is 0.462. The van der Waals surface area contributed by atoms with Crippen molar-refractivity contribution in [1.29, 1.82) is 0 Å². The van der Waals surface area contributed by atoms with Crippen molar-refractivity contribution in [3.8, 4) is 0 Å². The van der Waals surface area contributed by atoms with Crippen molar-refractivity contribution in [1.82, 2.24) is 5.32 Å². The lowest BCUT2D eigenvalue weighted by Gasteiger charge is -2.15. The van der Waals surface area contributed by atoms with Crippen molar-refractivity contribution in [3.05, 3.63) is 34.3 Å². The van der Waals surface area contributed by atoms with Crippen LogP contribution in [0.2, 0.25) is 0 Å². The van der Waals surface area contributed by atoms with Gasteiger partial charge in [0.15, 0.2) is 0 Å². The molecule has 1 aromatic carbocycles. The second-order valence-corrected chi connectivity index (χ2v) is 5.60. The summed E-state index contributed by atoms with van der Waals surface area (Å²) in [5.41, 5.74) is 1.11. The lowest BCUT2D eigenvalue weighted by molar-refractivity contribution is -0.121. The molecule has 0 spiro atoms. The Morgan fingerprint density at radius 2 is 2.06 bits per heavy atom. The number of amides is 1. The number of unbranched alkanes of at least 4 members (excludes halogenated alkanes) is 1. The molecule has 0 bridgehead atoms. The summed E-state index contributed by atoms with van der Waals surface area (Å²) >= 11 is 6.85. The molecule has 0 fully saturated rings. The topological polar surface area (TPSA) is 29.1 Å². The van der Waals surface area contributed by atoms with Crippen molar-refractivity contribution in [2.24, 2.45) is 0 Å². The van der Waals surface area contributed by atoms with Crippen molar-refractivity contribution in [2.45, 2.75) is 32.2 Å². The van der Waals surface area contributed by atoms with E-state index < -0.39 is 0 Å². The number of benzene rings is 1. The summed E-state index contributed by atoms with van der Waals surface area (Å²) in [7, 11) is 0. The smallest absolute Gasteiger partial charge is 0.220 e. The Morgan fingerprint density at radius 3 is 2.71 bits per heavy atom. The molecule has 0 aromatic heterocycles. The normalized spacial score (nSPS) is 12.2. The van der Waals surface area contributed by atoms with Gasteiger partial charge in [-0.3, -0.25) is 4.79 Å². The SMILES string of the molecule is C[C@H](NC(=O)CCCCBr)c1ccccc1Br. The van der Waals surface area contributed by atoms with Crippen LogP contribution in [0.15, 0.2) is 28.7 Å². The molecule has 94 valence electrons. The summed E-state index contributed by atoms with van der Waals surface area (Å²) in [6.45, 7) is 2.00. The summed E-state index contributed by atoms with van der Waals surface area (Å²) in [6.07, 6.45) is 2.57. The van der Waals surface area contributed by atoms with Gasteiger partial charge in [0.25, 0.3) is 0 Å². The standard InChI is InChI=1S/C13H17Br2NO/c1-10(11-6-2-3-7-12(11)15)16-13(17)8-4-5-9-14/h2-3,6-7,10H,4-5,8-9H2,1H3,(H,16,17)/t10-/m0/s1. The number of nitrogens with one attached hydrogen (secondary N) is 1. The minimum Gasteiger partial charge on any atom is -0.350 e. The van der Waals surface area contributed by atoms with E-state index >= 15 is 0 Å². The molecule has 1 aromatic rings. The maximum atomic E-state index is 11.7. The second-order valence-electron chi connectivity index (χ2n) is 3.96. The first kappa shape index (κ1) is 14.7. The van der Waals surface area contributed by atoms with Crippen molar-refractivity contribution in [2.75, 3.05) is 5.33 Å². The molecule has 2 nitrogen and oxygen atoms in total. The molecule has 17 heavy (non-hydrogen) atoms. The number of hydrogen-bond acceptors (Lipinski definition) is 1. The molecule has 0 heterocycles. The third kappa shape index (κ3) is 5.21. The van der Waals surface area contributed by atoms with E-state index in [9.17, 15) is 4.79 Å². The van der Waals surface area contributed by atoms with Crippen LogP contribution in [0.1, 0.15) is 37.8 Å². The quantitative estimate of drug-likeness (QED) is 0.596. The van der Waals surface area contributed by atoms with Crippen molar-refractivity contribution in [3.63, 3.8) is 0 Å². The van der Waals surface area contributed by atoms with Gasteiger partial charge in [0.05, 0.1) is 6.04 Å². The second kappa shape index (κ2) is 7.88. The molecular weight excluding hydrogens is 346 g/mol. The number of alkyl halides is 1. The Balaban J connectivity index is 2.46. The van der Waals surface area contributed by atoms with Gasteiger partial charge < -0.3 is 5.32 Å². The first-order chi connectivity index (χ1) is 8.15. The minimum atomic E-state index is 0.0436. The summed E-state index contributed by atoms with van der Waals surface area (Å²) in [4.78, 5) is 11.7. The third-order valence-corrected chi connectivity index (χ3v) is 3.82. The van der Waals surface area contributed by atoms with Gasteiger partial charge in [0.1, 0.15) is 0 Å². The maximum absolute atomic E-state index is 11.7. The van der Waals surface area contributed by atoms with Crippen molar-refractivity contribution < 1.29 is 4.79 Å². The highest BCUT2D eigenvalue weighted by Gasteiger charge is 2.11. The molecule has 0 radical (unpaired) electrons. The Kier molecular flexibility index (Phi) is 6.82. The number of carbonyl (C=O) groups excluding carboxylic acids is 1. The maximum Gasteiger partial charge on any atom is 0.220 e. The van der Waals surface area contributed by atoms with Crippen LogP contribution in [0.4, 0.5) is 0 Å². The van der Waals surface area contributed by atoms with Crippen LogP contribution >= 0.6 is 31.9 Å². The van der Waals surface area contributed by atoms with Gasteiger partial charge in [0.2, 0.25) is 5.91 Å². The van der Waals surface area contributed by atoms with Crippen LogP contribution < -0.4 is 5.32 Å². The largest absolute Gasteiger partial charge is 0.350 e. The van der Waals surface area contributed by atoms with Gasteiger partial charge in [-0.1, -0.05) is 50.1 Å². The zero-order chi connectivity index (χ0) is 12.7. The Labute approximate surface area is 119 Å². The molecule has 0 aliphatic rings. The molecule has 0 saturated heterocycles. The monoisotopic (exact) mass is 361 g/mol. The fourth-order valence-electron chi connectivity index (χ4n) is 1.60. The zero-order valence-electron chi connectivity index (χ0n) is 9.88. The molecular formula is C13H17Br2NO. The number of carbonyl (C=O) groups is 1. The third-order valence-electron chi connectivity index (χ3n) is 2.54. The van der Waals surface area contributed by atoms with Crippen LogP contribution in [0, 0.1) is 0 Å². The first-order valence-corrected chi connectivity index (χ1v) is 7.66. The highest BCUT2D eigenvalue weighted by atomic mass is 79.9. The molecule has 1 atom stereocenters. The lowest BCUT2D eigenvalue weighted by Crippen LogP contribution is -2.26. The van der Waals surface area contributed by atoms with E-state index in [0.29, 0.717) is 6.42 Å². The predicted octanol–water partition coefficient (Wildman–Crippen LogP) is 4.19. The van der Waals surface area contributed by atoms with Crippen LogP contribution in [0.3, 0.4) is 0 Å². The highest BCUT2D eigenvalue weighted by molar-refractivity contribution is 9.10.